The number of hydrazine groups is 1. The quantitative estimate of drug-likeness (QED) is 0.201. The molecule has 54 valence electrons. The van der Waals surface area contributed by atoms with Gasteiger partial charge >= 0.3 is 0 Å². The molecule has 0 aliphatic carbocycles. The van der Waals surface area contributed by atoms with Gasteiger partial charge in [0.2, 0.25) is 0 Å². The summed E-state index contributed by atoms with van der Waals surface area (Å²) in [5.41, 5.74) is 2.40. The van der Waals surface area contributed by atoms with Crippen LogP contribution in [-0.2, 0) is 0 Å². The number of nitrogens with zero attached hydrogens (tertiary/aromatic N) is 1. The summed E-state index contributed by atoms with van der Waals surface area (Å²) in [4.78, 5) is 8.36. The molecular weight excluding hydrogens is 126 g/mol. The number of hydrogen-bond donors (Lipinski definition) is 3. The fourth-order valence-electron chi connectivity index (χ4n) is 0.0833. The Morgan fingerprint density at radius 2 is 2.33 bits per heavy atom. The van der Waals surface area contributed by atoms with Crippen LogP contribution in [0.2, 0.25) is 0 Å². The lowest BCUT2D eigenvalue weighted by atomic mass is 10.7. The predicted molar refractivity (Wildman–Crippen MR) is 31.2 cm³/mol. The minimum Gasteiger partial charge on any atom is -0.328 e. The van der Waals surface area contributed by atoms with Crippen molar-refractivity contribution in [2.24, 2.45) is 5.84 Å². The highest BCUT2D eigenvalue weighted by molar-refractivity contribution is 4.66. The molecule has 9 heavy (non-hydrogen) atoms. The Kier molecular flexibility index (Phi) is 11.9. The maximum atomic E-state index is 8.36. The molecule has 0 unspecified atom stereocenters. The monoisotopic (exact) mass is 135 g/mol. The minimum absolute atomic E-state index is 0.681. The van der Waals surface area contributed by atoms with Crippen molar-refractivity contribution >= 4 is 0 Å². The summed E-state index contributed by atoms with van der Waals surface area (Å²) in [6.45, 7) is 4.09. The van der Waals surface area contributed by atoms with Gasteiger partial charge < -0.3 is 5.21 Å². The number of nitrogens with one attached hydrogen (secondary N) is 1. The average Bonchev–Trinajstić information content (AvgIpc) is 1.66. The second-order valence-corrected chi connectivity index (χ2v) is 0.935. The van der Waals surface area contributed by atoms with Crippen molar-refractivity contribution in [2.75, 3.05) is 6.54 Å². The van der Waals surface area contributed by atoms with Crippen LogP contribution in [0.25, 0.3) is 0 Å². The molecule has 0 radical (unpaired) electrons. The Balaban J connectivity index is 0. The lowest BCUT2D eigenvalue weighted by Crippen LogP contribution is -2.20. The van der Waals surface area contributed by atoms with Gasteiger partial charge in [0.25, 0.3) is 5.09 Å². The van der Waals surface area contributed by atoms with E-state index < -0.39 is 5.09 Å². The maximum Gasteiger partial charge on any atom is 0.291 e. The summed E-state index contributed by atoms with van der Waals surface area (Å²) >= 11 is 0. The van der Waals surface area contributed by atoms with Crippen LogP contribution in [0.5, 0.6) is 0 Å². The Bertz CT molecular complexity index is 80.4. The maximum absolute atomic E-state index is 8.36. The van der Waals surface area contributed by atoms with Crippen LogP contribution in [0.3, 0.4) is 0 Å². The minimum atomic E-state index is -1.50. The van der Waals surface area contributed by atoms with E-state index in [-0.39, 0.29) is 0 Å². The Morgan fingerprint density at radius 3 is 2.33 bits per heavy atom. The Labute approximate surface area is 52.0 Å². The first-order valence-corrected chi connectivity index (χ1v) is 2.02. The third kappa shape index (κ3) is 219. The van der Waals surface area contributed by atoms with E-state index >= 15 is 0 Å². The lowest BCUT2D eigenvalue weighted by Gasteiger charge is -1.80. The highest BCUT2D eigenvalue weighted by Crippen LogP contribution is 1.46. The number of nitrogens with two attached hydrogens (primary N) is 1. The molecule has 0 heterocycles. The summed E-state index contributed by atoms with van der Waals surface area (Å²) in [6.07, 6.45) is 1.69. The van der Waals surface area contributed by atoms with Crippen LogP contribution < -0.4 is 11.3 Å². The van der Waals surface area contributed by atoms with E-state index in [1.807, 2.05) is 0 Å². The van der Waals surface area contributed by atoms with Gasteiger partial charge in [-0.2, -0.15) is 0 Å². The number of rotatable bonds is 2. The Morgan fingerprint density at radius 1 is 2.00 bits per heavy atom. The van der Waals surface area contributed by atoms with Crippen LogP contribution >= 0.6 is 0 Å². The van der Waals surface area contributed by atoms with E-state index in [2.05, 4.69) is 12.0 Å². The Hall–Kier alpha value is -1.14. The van der Waals surface area contributed by atoms with Gasteiger partial charge in [-0.25, -0.2) is 0 Å². The smallest absolute Gasteiger partial charge is 0.291 e. The standard InChI is InChI=1S/C3H8N2.HNO3/c1-2-3-5-4;2-1(3)4/h2,5H,1,3-4H2;(H,2,3,4). The third-order valence-corrected chi connectivity index (χ3v) is 0.262. The van der Waals surface area contributed by atoms with Gasteiger partial charge in [0, 0.05) is 6.54 Å². The fourth-order valence-corrected chi connectivity index (χ4v) is 0.0833. The molecular formula is C3H9N3O3. The molecule has 0 spiro atoms. The summed E-state index contributed by atoms with van der Waals surface area (Å²) < 4.78 is 0. The molecule has 6 nitrogen and oxygen atoms in total. The van der Waals surface area contributed by atoms with Crippen LogP contribution in [-0.4, -0.2) is 16.8 Å². The predicted octanol–water partition coefficient (Wildman–Crippen LogP) is -0.712. The van der Waals surface area contributed by atoms with E-state index in [1.54, 1.807) is 6.08 Å². The van der Waals surface area contributed by atoms with Crippen molar-refractivity contribution in [2.45, 2.75) is 0 Å². The molecule has 0 saturated carbocycles. The van der Waals surface area contributed by atoms with E-state index in [0.717, 1.165) is 0 Å². The summed E-state index contributed by atoms with van der Waals surface area (Å²) in [5.74, 6) is 4.82. The highest BCUT2D eigenvalue weighted by Gasteiger charge is 1.65. The third-order valence-electron chi connectivity index (χ3n) is 0.262. The molecule has 0 bridgehead atoms. The molecule has 6 heteroatoms. The summed E-state index contributed by atoms with van der Waals surface area (Å²) in [5, 5.41) is 13.6. The molecule has 0 aromatic heterocycles. The molecule has 4 N–H and O–H groups in total. The summed E-state index contributed by atoms with van der Waals surface area (Å²) in [7, 11) is 0. The molecule has 0 aromatic rings. The SMILES string of the molecule is C=CCNN.O=[N+]([O-])O. The van der Waals surface area contributed by atoms with E-state index in [4.69, 9.17) is 21.2 Å². The highest BCUT2D eigenvalue weighted by atomic mass is 16.9. The van der Waals surface area contributed by atoms with E-state index in [1.165, 1.54) is 0 Å². The molecule has 0 rings (SSSR count). The van der Waals surface area contributed by atoms with Crippen molar-refractivity contribution in [3.63, 3.8) is 0 Å². The van der Waals surface area contributed by atoms with Gasteiger partial charge in [0.05, 0.1) is 0 Å². The van der Waals surface area contributed by atoms with Gasteiger partial charge in [0.1, 0.15) is 0 Å². The molecule has 0 aliphatic rings. The van der Waals surface area contributed by atoms with Crippen molar-refractivity contribution in [3.8, 4) is 0 Å². The van der Waals surface area contributed by atoms with Gasteiger partial charge in [-0.15, -0.1) is 16.7 Å². The van der Waals surface area contributed by atoms with Crippen molar-refractivity contribution < 1.29 is 10.3 Å². The molecule has 0 saturated heterocycles. The van der Waals surface area contributed by atoms with Crippen LogP contribution in [0.4, 0.5) is 0 Å². The van der Waals surface area contributed by atoms with Crippen molar-refractivity contribution in [3.05, 3.63) is 22.8 Å². The van der Waals surface area contributed by atoms with Gasteiger partial charge in [0.15, 0.2) is 0 Å². The number of hydrogen-bond acceptors (Lipinski definition) is 4. The topological polar surface area (TPSA) is 101 Å². The largest absolute Gasteiger partial charge is 0.328 e. The van der Waals surface area contributed by atoms with Crippen LogP contribution in [0.1, 0.15) is 0 Å². The first-order chi connectivity index (χ1) is 4.15. The zero-order valence-electron chi connectivity index (χ0n) is 4.78. The zero-order valence-corrected chi connectivity index (χ0v) is 4.78. The molecule has 0 aromatic carbocycles. The zero-order chi connectivity index (χ0) is 7.70. The molecule has 0 atom stereocenters. The van der Waals surface area contributed by atoms with Crippen molar-refractivity contribution in [1.82, 2.24) is 5.43 Å². The van der Waals surface area contributed by atoms with Crippen LogP contribution in [0, 0.1) is 10.1 Å². The first-order valence-electron chi connectivity index (χ1n) is 2.02. The molecule has 0 amide bonds. The fraction of sp³-hybridized carbons (Fsp3) is 0.333. The van der Waals surface area contributed by atoms with Gasteiger partial charge in [-0.05, 0) is 0 Å². The molecule has 0 fully saturated rings. The summed E-state index contributed by atoms with van der Waals surface area (Å²) in [6, 6.07) is 0. The average molecular weight is 135 g/mol. The van der Waals surface area contributed by atoms with Gasteiger partial charge in [-0.3, -0.25) is 11.3 Å². The van der Waals surface area contributed by atoms with Gasteiger partial charge in [-0.1, -0.05) is 6.08 Å². The molecule has 0 aliphatic heterocycles. The van der Waals surface area contributed by atoms with Crippen LogP contribution in [0.15, 0.2) is 12.7 Å². The second-order valence-electron chi connectivity index (χ2n) is 0.935. The second kappa shape index (κ2) is 9.97. The first kappa shape index (κ1) is 10.8. The van der Waals surface area contributed by atoms with Crippen molar-refractivity contribution in [1.29, 1.82) is 0 Å². The normalized spacial score (nSPS) is 6.78. The van der Waals surface area contributed by atoms with E-state index in [9.17, 15) is 0 Å². The van der Waals surface area contributed by atoms with E-state index in [0.29, 0.717) is 6.54 Å². The lowest BCUT2D eigenvalue weighted by molar-refractivity contribution is -0.742.